The van der Waals surface area contributed by atoms with Gasteiger partial charge in [0.1, 0.15) is 0 Å². The lowest BCUT2D eigenvalue weighted by Gasteiger charge is -2.08. The number of methoxy groups -OCH3 is 2. The SMILES string of the molecule is COC(=O)/C=C/c1ccc(OC(=O)/C=C/c2ccccc2C#N)c(OC)c1. The molecule has 0 amide bonds. The summed E-state index contributed by atoms with van der Waals surface area (Å²) < 4.78 is 15.0. The zero-order valence-corrected chi connectivity index (χ0v) is 14.8. The summed E-state index contributed by atoms with van der Waals surface area (Å²) in [7, 11) is 2.73. The molecule has 0 spiro atoms. The predicted molar refractivity (Wildman–Crippen MR) is 99.9 cm³/mol. The maximum Gasteiger partial charge on any atom is 0.336 e. The minimum absolute atomic E-state index is 0.232. The van der Waals surface area contributed by atoms with Crippen LogP contribution in [0.25, 0.3) is 12.2 Å². The molecular weight excluding hydrogens is 346 g/mol. The summed E-state index contributed by atoms with van der Waals surface area (Å²) in [6.07, 6.45) is 5.58. The fourth-order valence-electron chi connectivity index (χ4n) is 2.15. The van der Waals surface area contributed by atoms with Gasteiger partial charge in [-0.15, -0.1) is 0 Å². The van der Waals surface area contributed by atoms with Gasteiger partial charge in [0, 0.05) is 12.2 Å². The summed E-state index contributed by atoms with van der Waals surface area (Å²) >= 11 is 0. The number of hydrogen-bond acceptors (Lipinski definition) is 6. The average molecular weight is 363 g/mol. The van der Waals surface area contributed by atoms with Gasteiger partial charge in [0.15, 0.2) is 11.5 Å². The molecule has 0 N–H and O–H groups in total. The van der Waals surface area contributed by atoms with E-state index in [4.69, 9.17) is 14.7 Å². The van der Waals surface area contributed by atoms with Gasteiger partial charge in [-0.2, -0.15) is 5.26 Å². The number of rotatable bonds is 6. The van der Waals surface area contributed by atoms with E-state index in [1.165, 1.54) is 32.4 Å². The first kappa shape index (κ1) is 19.5. The summed E-state index contributed by atoms with van der Waals surface area (Å²) in [6, 6.07) is 13.8. The third-order valence-electron chi connectivity index (χ3n) is 3.49. The predicted octanol–water partition coefficient (Wildman–Crippen LogP) is 3.37. The fraction of sp³-hybridized carbons (Fsp3) is 0.0952. The number of benzene rings is 2. The van der Waals surface area contributed by atoms with Gasteiger partial charge in [0.05, 0.1) is 25.9 Å². The largest absolute Gasteiger partial charge is 0.493 e. The van der Waals surface area contributed by atoms with Crippen molar-refractivity contribution in [1.29, 1.82) is 5.26 Å². The van der Waals surface area contributed by atoms with Crippen LogP contribution in [0, 0.1) is 11.3 Å². The van der Waals surface area contributed by atoms with E-state index in [2.05, 4.69) is 10.8 Å². The van der Waals surface area contributed by atoms with Gasteiger partial charge >= 0.3 is 11.9 Å². The monoisotopic (exact) mass is 363 g/mol. The Hall–Kier alpha value is -3.85. The van der Waals surface area contributed by atoms with Crippen molar-refractivity contribution in [2.75, 3.05) is 14.2 Å². The van der Waals surface area contributed by atoms with Crippen molar-refractivity contribution in [3.05, 3.63) is 71.3 Å². The molecule has 0 atom stereocenters. The first-order valence-corrected chi connectivity index (χ1v) is 7.90. The highest BCUT2D eigenvalue weighted by molar-refractivity contribution is 5.90. The Morgan fingerprint density at radius 2 is 1.70 bits per heavy atom. The standard InChI is InChI=1S/C21H17NO5/c1-25-19-13-15(8-11-20(23)26-2)7-10-18(19)27-21(24)12-9-16-5-3-4-6-17(16)14-22/h3-13H,1-2H3/b11-8+,12-9+. The van der Waals surface area contributed by atoms with Crippen molar-refractivity contribution >= 4 is 24.1 Å². The molecule has 2 rings (SSSR count). The van der Waals surface area contributed by atoms with E-state index < -0.39 is 11.9 Å². The Labute approximate surface area is 156 Å². The summed E-state index contributed by atoms with van der Waals surface area (Å²) in [4.78, 5) is 23.2. The summed E-state index contributed by atoms with van der Waals surface area (Å²) in [5.74, 6) is -0.525. The van der Waals surface area contributed by atoms with Gasteiger partial charge in [-0.1, -0.05) is 24.3 Å². The minimum atomic E-state index is -0.612. The molecule has 0 aliphatic carbocycles. The van der Waals surface area contributed by atoms with E-state index in [-0.39, 0.29) is 5.75 Å². The summed E-state index contributed by atoms with van der Waals surface area (Å²) in [5.41, 5.74) is 1.75. The molecule has 136 valence electrons. The molecule has 0 bridgehead atoms. The van der Waals surface area contributed by atoms with E-state index in [0.29, 0.717) is 22.4 Å². The van der Waals surface area contributed by atoms with Crippen LogP contribution in [0.4, 0.5) is 0 Å². The molecule has 0 saturated carbocycles. The summed E-state index contributed by atoms with van der Waals surface area (Å²) in [5, 5.41) is 9.06. The molecule has 0 saturated heterocycles. The molecule has 6 heteroatoms. The van der Waals surface area contributed by atoms with Crippen molar-refractivity contribution in [3.8, 4) is 17.6 Å². The summed E-state index contributed by atoms with van der Waals surface area (Å²) in [6.45, 7) is 0. The lowest BCUT2D eigenvalue weighted by molar-refractivity contribution is -0.134. The molecule has 0 unspecified atom stereocenters. The molecular formula is C21H17NO5. The van der Waals surface area contributed by atoms with Crippen molar-refractivity contribution < 1.29 is 23.8 Å². The fourth-order valence-corrected chi connectivity index (χ4v) is 2.15. The number of carbonyl (C=O) groups is 2. The number of hydrogen-bond donors (Lipinski definition) is 0. The highest BCUT2D eigenvalue weighted by atomic mass is 16.6. The third kappa shape index (κ3) is 5.58. The van der Waals surface area contributed by atoms with Crippen LogP contribution in [0.5, 0.6) is 11.5 Å². The lowest BCUT2D eigenvalue weighted by Crippen LogP contribution is -2.05. The second kappa shape index (κ2) is 9.59. The van der Waals surface area contributed by atoms with E-state index >= 15 is 0 Å². The molecule has 0 aromatic heterocycles. The number of ether oxygens (including phenoxy) is 3. The highest BCUT2D eigenvalue weighted by Gasteiger charge is 2.09. The second-order valence-electron chi connectivity index (χ2n) is 5.22. The molecule has 6 nitrogen and oxygen atoms in total. The van der Waals surface area contributed by atoms with Gasteiger partial charge in [0.25, 0.3) is 0 Å². The van der Waals surface area contributed by atoms with Crippen LogP contribution in [-0.4, -0.2) is 26.2 Å². The van der Waals surface area contributed by atoms with Gasteiger partial charge in [0.2, 0.25) is 0 Å². The molecule has 27 heavy (non-hydrogen) atoms. The molecule has 0 radical (unpaired) electrons. The number of nitriles is 1. The average Bonchev–Trinajstić information content (AvgIpc) is 2.71. The first-order valence-electron chi connectivity index (χ1n) is 7.90. The number of esters is 2. The Morgan fingerprint density at radius 3 is 2.41 bits per heavy atom. The third-order valence-corrected chi connectivity index (χ3v) is 3.49. The van der Waals surface area contributed by atoms with E-state index in [9.17, 15) is 9.59 Å². The van der Waals surface area contributed by atoms with Crippen LogP contribution in [0.15, 0.2) is 54.6 Å². The second-order valence-corrected chi connectivity index (χ2v) is 5.22. The van der Waals surface area contributed by atoms with Gasteiger partial charge < -0.3 is 14.2 Å². The lowest BCUT2D eigenvalue weighted by atomic mass is 10.1. The van der Waals surface area contributed by atoms with Crippen molar-refractivity contribution in [1.82, 2.24) is 0 Å². The Bertz CT molecular complexity index is 938. The quantitative estimate of drug-likeness (QED) is 0.444. The molecule has 0 aliphatic heterocycles. The maximum atomic E-state index is 12.1. The Balaban J connectivity index is 2.13. The van der Waals surface area contributed by atoms with Gasteiger partial charge in [-0.05, 0) is 41.5 Å². The Morgan fingerprint density at radius 1 is 0.963 bits per heavy atom. The topological polar surface area (TPSA) is 85.6 Å². The minimum Gasteiger partial charge on any atom is -0.493 e. The normalized spacial score (nSPS) is 10.6. The van der Waals surface area contributed by atoms with Crippen molar-refractivity contribution in [2.24, 2.45) is 0 Å². The molecule has 2 aromatic carbocycles. The van der Waals surface area contributed by atoms with Crippen LogP contribution in [0.3, 0.4) is 0 Å². The van der Waals surface area contributed by atoms with Gasteiger partial charge in [-0.3, -0.25) is 0 Å². The van der Waals surface area contributed by atoms with Gasteiger partial charge in [-0.25, -0.2) is 9.59 Å². The number of carbonyl (C=O) groups excluding carboxylic acids is 2. The zero-order chi connectivity index (χ0) is 19.6. The molecule has 0 heterocycles. The molecule has 0 fully saturated rings. The Kier molecular flexibility index (Phi) is 6.91. The van der Waals surface area contributed by atoms with E-state index in [1.807, 2.05) is 0 Å². The first-order chi connectivity index (χ1) is 13.1. The zero-order valence-electron chi connectivity index (χ0n) is 14.8. The molecule has 0 aliphatic rings. The van der Waals surface area contributed by atoms with Crippen molar-refractivity contribution in [3.63, 3.8) is 0 Å². The van der Waals surface area contributed by atoms with E-state index in [1.54, 1.807) is 48.5 Å². The van der Waals surface area contributed by atoms with E-state index in [0.717, 1.165) is 0 Å². The van der Waals surface area contributed by atoms with Crippen LogP contribution in [0.2, 0.25) is 0 Å². The van der Waals surface area contributed by atoms with Crippen molar-refractivity contribution in [2.45, 2.75) is 0 Å². The highest BCUT2D eigenvalue weighted by Crippen LogP contribution is 2.29. The smallest absolute Gasteiger partial charge is 0.336 e. The van der Waals surface area contributed by atoms with Crippen LogP contribution in [-0.2, 0) is 14.3 Å². The van der Waals surface area contributed by atoms with Crippen LogP contribution >= 0.6 is 0 Å². The van der Waals surface area contributed by atoms with Crippen LogP contribution < -0.4 is 9.47 Å². The number of nitrogens with zero attached hydrogens (tertiary/aromatic N) is 1. The van der Waals surface area contributed by atoms with Crippen LogP contribution in [0.1, 0.15) is 16.7 Å². The maximum absolute atomic E-state index is 12.1. The molecule has 2 aromatic rings.